The van der Waals surface area contributed by atoms with E-state index in [1.807, 2.05) is 23.8 Å². The van der Waals surface area contributed by atoms with E-state index in [9.17, 15) is 0 Å². The van der Waals surface area contributed by atoms with Crippen molar-refractivity contribution in [2.75, 3.05) is 37.0 Å². The zero-order chi connectivity index (χ0) is 26.4. The molecule has 0 bridgehead atoms. The predicted molar refractivity (Wildman–Crippen MR) is 168 cm³/mol. The van der Waals surface area contributed by atoms with Gasteiger partial charge in [0, 0.05) is 0 Å². The van der Waals surface area contributed by atoms with Gasteiger partial charge in [-0.1, -0.05) is 103 Å². The van der Waals surface area contributed by atoms with Crippen molar-refractivity contribution >= 4 is 42.4 Å². The van der Waals surface area contributed by atoms with E-state index in [0.717, 1.165) is 0 Å². The van der Waals surface area contributed by atoms with Crippen LogP contribution in [0.2, 0.25) is 19.6 Å². The van der Waals surface area contributed by atoms with Crippen LogP contribution >= 0.6 is 29.1 Å². The zero-order valence-corrected chi connectivity index (χ0v) is 29.8. The molecule has 5 heteroatoms. The van der Waals surface area contributed by atoms with Gasteiger partial charge in [0.25, 0.3) is 0 Å². The summed E-state index contributed by atoms with van der Waals surface area (Å²) in [4.78, 5) is 0. The molecule has 34 heavy (non-hydrogen) atoms. The first-order valence-electron chi connectivity index (χ1n) is 12.6. The number of halogens is 1. The molecule has 0 spiro atoms. The molecule has 0 N–H and O–H groups in total. The molecule has 2 aromatic carbocycles. The summed E-state index contributed by atoms with van der Waals surface area (Å²) in [6.45, 7) is 20.8. The quantitative estimate of drug-likeness (QED) is 0.103. The molecule has 0 atom stereocenters. The fourth-order valence-corrected chi connectivity index (χ4v) is 7.54. The van der Waals surface area contributed by atoms with E-state index >= 15 is 0 Å². The van der Waals surface area contributed by atoms with Crippen molar-refractivity contribution in [1.82, 2.24) is 0 Å². The van der Waals surface area contributed by atoms with E-state index in [4.69, 9.17) is 0 Å². The van der Waals surface area contributed by atoms with Gasteiger partial charge in [0.1, 0.15) is 0 Å². The van der Waals surface area contributed by atoms with Crippen LogP contribution in [0.4, 0.5) is 0 Å². The van der Waals surface area contributed by atoms with E-state index < -0.39 is 8.07 Å². The summed E-state index contributed by atoms with van der Waals surface area (Å²) >= 11 is 4.86. The van der Waals surface area contributed by atoms with Gasteiger partial charge in [-0.2, -0.15) is 0 Å². The van der Waals surface area contributed by atoms with Crippen LogP contribution in [0, 0.1) is 6.08 Å². The van der Waals surface area contributed by atoms with E-state index in [0.29, 0.717) is 15.8 Å². The molecular weight excluding hydrogens is 713 g/mol. The van der Waals surface area contributed by atoms with E-state index in [-0.39, 0.29) is 0 Å². The van der Waals surface area contributed by atoms with Gasteiger partial charge in [-0.05, 0) is 37.0 Å². The molecule has 0 nitrogen and oxygen atoms in total. The second kappa shape index (κ2) is 23.8. The molecular formula is C29H49BrP2PtSi. The Morgan fingerprint density at radius 2 is 0.971 bits per heavy atom. The summed E-state index contributed by atoms with van der Waals surface area (Å²) in [7, 11) is -0.513. The van der Waals surface area contributed by atoms with Crippen LogP contribution in [0.5, 0.6) is 0 Å². The van der Waals surface area contributed by atoms with Gasteiger partial charge in [-0.3, -0.25) is 0 Å². The zero-order valence-electron chi connectivity index (χ0n) is 23.1. The Morgan fingerprint density at radius 1 is 0.647 bits per heavy atom. The molecule has 0 heterocycles. The van der Waals surface area contributed by atoms with Crippen LogP contribution < -0.4 is 0 Å². The molecule has 0 radical (unpaired) electrons. The average Bonchev–Trinajstić information content (AvgIpc) is 2.87. The summed E-state index contributed by atoms with van der Waals surface area (Å²) in [6.07, 6.45) is 12.1. The number of benzene rings is 2. The fourth-order valence-electron chi connectivity index (χ4n) is 3.30. The average molecular weight is 763 g/mol. The molecule has 0 aromatic heterocycles. The van der Waals surface area contributed by atoms with Crippen LogP contribution in [-0.2, 0) is 17.8 Å². The second-order valence-electron chi connectivity index (χ2n) is 8.72. The minimum atomic E-state index is -1.40. The number of hydrogen-bond acceptors (Lipinski definition) is 0. The Kier molecular flexibility index (Phi) is 25.6. The maximum absolute atomic E-state index is 3.61. The van der Waals surface area contributed by atoms with Crippen molar-refractivity contribution in [3.63, 3.8) is 0 Å². The first-order valence-corrected chi connectivity index (χ1v) is 24.8. The van der Waals surface area contributed by atoms with Crippen molar-refractivity contribution in [3.8, 4) is 0 Å². The van der Waals surface area contributed by atoms with Crippen LogP contribution in [0.15, 0.2) is 60.7 Å². The maximum atomic E-state index is 3.61. The molecule has 0 fully saturated rings. The standard InChI is InChI=1S/C17H19Si.2C6H15P.BrH.Pt/c1-18(2,3)17(16-12-8-5-9-13-16)14-15-10-6-4-7-11-15;2*1-4-7(5-2)6-3;;/h4-13H,1-3H3;2*4-6H2,1-3H3;1H;/q-1;;;;+2/p-1. The summed E-state index contributed by atoms with van der Waals surface area (Å²) in [5.74, 6) is 0. The van der Waals surface area contributed by atoms with Gasteiger partial charge in [-0.15, -0.1) is 56.9 Å². The van der Waals surface area contributed by atoms with Gasteiger partial charge < -0.3 is 0 Å². The first kappa shape index (κ1) is 36.6. The number of hydrogen-bond donors (Lipinski definition) is 0. The Hall–Kier alpha value is 0.425. The first-order chi connectivity index (χ1) is 16.3. The number of rotatable bonds is 9. The molecule has 196 valence electrons. The van der Waals surface area contributed by atoms with Crippen LogP contribution in [-0.4, -0.2) is 45.0 Å². The summed E-state index contributed by atoms with van der Waals surface area (Å²) < 4.78 is 0. The van der Waals surface area contributed by atoms with Gasteiger partial charge in [0.2, 0.25) is 0 Å². The third-order valence-corrected chi connectivity index (χ3v) is 12.8. The van der Waals surface area contributed by atoms with E-state index in [1.54, 1.807) is 0 Å². The van der Waals surface area contributed by atoms with E-state index in [1.165, 1.54) is 53.3 Å². The van der Waals surface area contributed by atoms with Gasteiger partial charge in [0.05, 0.1) is 8.07 Å². The normalized spacial score (nSPS) is 11.1. The van der Waals surface area contributed by atoms with Gasteiger partial charge >= 0.3 is 31.1 Å². The summed E-state index contributed by atoms with van der Waals surface area (Å²) in [6, 6.07) is 21.0. The molecule has 2 rings (SSSR count). The Bertz CT molecular complexity index is 687. The van der Waals surface area contributed by atoms with Crippen molar-refractivity contribution in [2.45, 2.75) is 61.2 Å². The van der Waals surface area contributed by atoms with Crippen LogP contribution in [0.3, 0.4) is 0 Å². The fraction of sp³-hybridized carbons (Fsp3) is 0.517. The predicted octanol–water partition coefficient (Wildman–Crippen LogP) is 10.7. The molecule has 0 saturated carbocycles. The third-order valence-electron chi connectivity index (χ3n) is 5.54. The topological polar surface area (TPSA) is 0 Å². The van der Waals surface area contributed by atoms with Gasteiger partial charge in [0.15, 0.2) is 0 Å². The molecule has 0 aliphatic rings. The Balaban J connectivity index is 0. The van der Waals surface area contributed by atoms with E-state index in [2.05, 4.69) is 135 Å². The molecule has 0 amide bonds. The monoisotopic (exact) mass is 761 g/mol. The van der Waals surface area contributed by atoms with Crippen molar-refractivity contribution in [1.29, 1.82) is 0 Å². The van der Waals surface area contributed by atoms with Crippen molar-refractivity contribution < 1.29 is 17.8 Å². The molecule has 0 unspecified atom stereocenters. The summed E-state index contributed by atoms with van der Waals surface area (Å²) in [5, 5.41) is 1.38. The van der Waals surface area contributed by atoms with Gasteiger partial charge in [-0.25, -0.2) is 0 Å². The Morgan fingerprint density at radius 3 is 1.24 bits per heavy atom. The van der Waals surface area contributed by atoms with Crippen LogP contribution in [0.1, 0.15) is 52.7 Å². The Labute approximate surface area is 234 Å². The molecule has 0 aliphatic heterocycles. The summed E-state index contributed by atoms with van der Waals surface area (Å²) in [5.41, 5.74) is 2.47. The molecule has 2 aromatic rings. The van der Waals surface area contributed by atoms with Crippen molar-refractivity contribution in [2.24, 2.45) is 0 Å². The third kappa shape index (κ3) is 17.8. The van der Waals surface area contributed by atoms with Crippen LogP contribution in [0.25, 0.3) is 5.20 Å². The van der Waals surface area contributed by atoms with Crippen molar-refractivity contribution in [3.05, 3.63) is 77.9 Å². The second-order valence-corrected chi connectivity index (χ2v) is 20.2. The molecule has 0 aliphatic carbocycles. The molecule has 0 saturated heterocycles. The SMILES string of the molecule is CCP(CC)CC.CCP(CC)CC.C[Si](C)(C)C(=[C-]c1ccccc1)c1ccccc1.[Br][Pt+]. The minimum absolute atomic E-state index is 0.446.